The van der Waals surface area contributed by atoms with Crippen LogP contribution in [0, 0.1) is 0 Å². The van der Waals surface area contributed by atoms with Gasteiger partial charge in [0.25, 0.3) is 5.91 Å². The number of methoxy groups -OCH3 is 1. The van der Waals surface area contributed by atoms with E-state index in [1.807, 2.05) is 17.9 Å². The van der Waals surface area contributed by atoms with E-state index in [2.05, 4.69) is 15.0 Å². The summed E-state index contributed by atoms with van der Waals surface area (Å²) in [5.41, 5.74) is 2.44. The number of fused-ring (bicyclic) bond motifs is 1. The van der Waals surface area contributed by atoms with Crippen LogP contribution in [0.15, 0.2) is 24.4 Å². The van der Waals surface area contributed by atoms with Crippen LogP contribution in [-0.4, -0.2) is 59.2 Å². The Kier molecular flexibility index (Phi) is 6.12. The van der Waals surface area contributed by atoms with E-state index in [0.717, 1.165) is 23.5 Å². The molecule has 26 heavy (non-hydrogen) atoms. The van der Waals surface area contributed by atoms with E-state index in [9.17, 15) is 4.79 Å². The van der Waals surface area contributed by atoms with Crippen molar-refractivity contribution < 1.29 is 14.3 Å². The molecule has 0 saturated carbocycles. The average molecular weight is 356 g/mol. The van der Waals surface area contributed by atoms with Crippen molar-refractivity contribution in [1.29, 1.82) is 0 Å². The van der Waals surface area contributed by atoms with Crippen LogP contribution in [-0.2, 0) is 24.0 Å². The average Bonchev–Trinajstić information content (AvgIpc) is 2.91. The highest BCUT2D eigenvalue weighted by Gasteiger charge is 2.24. The molecule has 1 aliphatic rings. The Morgan fingerprint density at radius 3 is 2.77 bits per heavy atom. The number of rotatable bonds is 6. The summed E-state index contributed by atoms with van der Waals surface area (Å²) in [7, 11) is 1.64. The van der Waals surface area contributed by atoms with Gasteiger partial charge in [0.1, 0.15) is 18.1 Å². The SMILES string of the molecule is CCc1nc2c(c(OCCOC)n1)CCN(C(=O)c1ccccn1)CC2. The number of hydrogen-bond donors (Lipinski definition) is 0. The van der Waals surface area contributed by atoms with E-state index in [4.69, 9.17) is 9.47 Å². The summed E-state index contributed by atoms with van der Waals surface area (Å²) < 4.78 is 10.9. The summed E-state index contributed by atoms with van der Waals surface area (Å²) in [6.45, 7) is 4.18. The van der Waals surface area contributed by atoms with Gasteiger partial charge in [0.15, 0.2) is 0 Å². The fourth-order valence-corrected chi connectivity index (χ4v) is 2.97. The van der Waals surface area contributed by atoms with Crippen LogP contribution in [0.4, 0.5) is 0 Å². The molecule has 7 heteroatoms. The van der Waals surface area contributed by atoms with Crippen LogP contribution in [0.2, 0.25) is 0 Å². The largest absolute Gasteiger partial charge is 0.475 e. The zero-order valence-corrected chi connectivity index (χ0v) is 15.3. The van der Waals surface area contributed by atoms with Gasteiger partial charge in [0.05, 0.1) is 12.3 Å². The molecule has 0 atom stereocenters. The van der Waals surface area contributed by atoms with Crippen molar-refractivity contribution in [3.63, 3.8) is 0 Å². The smallest absolute Gasteiger partial charge is 0.272 e. The second-order valence-electron chi connectivity index (χ2n) is 6.07. The summed E-state index contributed by atoms with van der Waals surface area (Å²) in [5, 5.41) is 0. The third kappa shape index (κ3) is 4.16. The van der Waals surface area contributed by atoms with Gasteiger partial charge in [-0.1, -0.05) is 13.0 Å². The van der Waals surface area contributed by atoms with Crippen molar-refractivity contribution >= 4 is 5.91 Å². The number of nitrogens with zero attached hydrogens (tertiary/aromatic N) is 4. The number of aromatic nitrogens is 3. The molecule has 0 radical (unpaired) electrons. The number of carbonyl (C=O) groups excluding carboxylic acids is 1. The normalized spacial score (nSPS) is 13.8. The van der Waals surface area contributed by atoms with Crippen LogP contribution in [0.3, 0.4) is 0 Å². The van der Waals surface area contributed by atoms with Crippen LogP contribution in [0.1, 0.15) is 34.5 Å². The molecule has 0 unspecified atom stereocenters. The summed E-state index contributed by atoms with van der Waals surface area (Å²) >= 11 is 0. The third-order valence-corrected chi connectivity index (χ3v) is 4.37. The number of aryl methyl sites for hydroxylation is 1. The van der Waals surface area contributed by atoms with E-state index in [0.29, 0.717) is 50.7 Å². The molecule has 7 nitrogen and oxygen atoms in total. The second-order valence-corrected chi connectivity index (χ2v) is 6.07. The van der Waals surface area contributed by atoms with Crippen molar-refractivity contribution in [2.45, 2.75) is 26.2 Å². The van der Waals surface area contributed by atoms with Gasteiger partial charge in [-0.2, -0.15) is 4.98 Å². The quantitative estimate of drug-likeness (QED) is 0.733. The molecule has 0 saturated heterocycles. The van der Waals surface area contributed by atoms with E-state index >= 15 is 0 Å². The Morgan fingerprint density at radius 2 is 2.04 bits per heavy atom. The monoisotopic (exact) mass is 356 g/mol. The Morgan fingerprint density at radius 1 is 1.19 bits per heavy atom. The number of ether oxygens (including phenoxy) is 2. The molecule has 0 fully saturated rings. The molecule has 0 aliphatic carbocycles. The van der Waals surface area contributed by atoms with Gasteiger partial charge in [-0.25, -0.2) is 4.98 Å². The van der Waals surface area contributed by atoms with Crippen molar-refractivity contribution in [1.82, 2.24) is 19.9 Å². The van der Waals surface area contributed by atoms with E-state index in [1.54, 1.807) is 25.4 Å². The predicted molar refractivity (Wildman–Crippen MR) is 96.3 cm³/mol. The molecule has 1 amide bonds. The highest BCUT2D eigenvalue weighted by atomic mass is 16.5. The van der Waals surface area contributed by atoms with Gasteiger partial charge in [0, 0.05) is 44.8 Å². The molecule has 0 spiro atoms. The van der Waals surface area contributed by atoms with Crippen molar-refractivity contribution in [3.8, 4) is 5.88 Å². The van der Waals surface area contributed by atoms with Crippen LogP contribution in [0.5, 0.6) is 5.88 Å². The molecule has 3 heterocycles. The number of pyridine rings is 1. The van der Waals surface area contributed by atoms with Gasteiger partial charge in [-0.15, -0.1) is 0 Å². The molecular formula is C19H24N4O3. The van der Waals surface area contributed by atoms with Crippen molar-refractivity contribution in [2.24, 2.45) is 0 Å². The molecule has 1 aliphatic heterocycles. The molecule has 138 valence electrons. The zero-order chi connectivity index (χ0) is 18.4. The van der Waals surface area contributed by atoms with E-state index < -0.39 is 0 Å². The Balaban J connectivity index is 1.79. The Labute approximate surface area is 153 Å². The lowest BCUT2D eigenvalue weighted by atomic mass is 10.1. The minimum Gasteiger partial charge on any atom is -0.475 e. The fourth-order valence-electron chi connectivity index (χ4n) is 2.97. The van der Waals surface area contributed by atoms with Gasteiger partial charge >= 0.3 is 0 Å². The maximum Gasteiger partial charge on any atom is 0.272 e. The summed E-state index contributed by atoms with van der Waals surface area (Å²) in [6, 6.07) is 5.38. The number of hydrogen-bond acceptors (Lipinski definition) is 6. The Bertz CT molecular complexity index is 752. The predicted octanol–water partition coefficient (Wildman–Crippen LogP) is 1.70. The minimum absolute atomic E-state index is 0.0519. The first-order chi connectivity index (χ1) is 12.7. The molecule has 0 bridgehead atoms. The number of amides is 1. The molecule has 0 N–H and O–H groups in total. The molecule has 2 aromatic rings. The molecule has 2 aromatic heterocycles. The zero-order valence-electron chi connectivity index (χ0n) is 15.3. The standard InChI is InChI=1S/C19H24N4O3/c1-3-17-21-15-8-11-23(19(24)16-6-4-5-9-20-16)10-7-14(15)18(22-17)26-13-12-25-2/h4-6,9H,3,7-8,10-13H2,1-2H3. The lowest BCUT2D eigenvalue weighted by Crippen LogP contribution is -2.33. The number of carbonyl (C=O) groups is 1. The van der Waals surface area contributed by atoms with Crippen molar-refractivity contribution in [3.05, 3.63) is 47.2 Å². The molecular weight excluding hydrogens is 332 g/mol. The van der Waals surface area contributed by atoms with Crippen LogP contribution >= 0.6 is 0 Å². The van der Waals surface area contributed by atoms with Gasteiger partial charge in [-0.3, -0.25) is 9.78 Å². The van der Waals surface area contributed by atoms with Crippen molar-refractivity contribution in [2.75, 3.05) is 33.4 Å². The highest BCUT2D eigenvalue weighted by Crippen LogP contribution is 2.24. The Hall–Kier alpha value is -2.54. The molecule has 0 aromatic carbocycles. The maximum absolute atomic E-state index is 12.7. The second kappa shape index (κ2) is 8.71. The van der Waals surface area contributed by atoms with Gasteiger partial charge in [-0.05, 0) is 18.6 Å². The van der Waals surface area contributed by atoms with Gasteiger partial charge in [0.2, 0.25) is 5.88 Å². The first-order valence-corrected chi connectivity index (χ1v) is 8.93. The molecule has 3 rings (SSSR count). The van der Waals surface area contributed by atoms with E-state index in [1.165, 1.54) is 0 Å². The maximum atomic E-state index is 12.7. The summed E-state index contributed by atoms with van der Waals surface area (Å²) in [4.78, 5) is 27.9. The van der Waals surface area contributed by atoms with Gasteiger partial charge < -0.3 is 14.4 Å². The van der Waals surface area contributed by atoms with Crippen LogP contribution in [0.25, 0.3) is 0 Å². The lowest BCUT2D eigenvalue weighted by molar-refractivity contribution is 0.0756. The topological polar surface area (TPSA) is 77.4 Å². The minimum atomic E-state index is -0.0519. The highest BCUT2D eigenvalue weighted by molar-refractivity contribution is 5.92. The van der Waals surface area contributed by atoms with E-state index in [-0.39, 0.29) is 5.91 Å². The fraction of sp³-hybridized carbons (Fsp3) is 0.474. The first-order valence-electron chi connectivity index (χ1n) is 8.93. The summed E-state index contributed by atoms with van der Waals surface area (Å²) in [5.74, 6) is 1.33. The lowest BCUT2D eigenvalue weighted by Gasteiger charge is -2.19. The third-order valence-electron chi connectivity index (χ3n) is 4.37. The summed E-state index contributed by atoms with van der Waals surface area (Å²) in [6.07, 6.45) is 3.73. The first kappa shape index (κ1) is 18.3. The van der Waals surface area contributed by atoms with Crippen LogP contribution < -0.4 is 4.74 Å².